The maximum absolute atomic E-state index is 6.39. The summed E-state index contributed by atoms with van der Waals surface area (Å²) in [5.74, 6) is 0. The van der Waals surface area contributed by atoms with Crippen molar-refractivity contribution in [2.75, 3.05) is 52.0 Å². The second kappa shape index (κ2) is 10.9. The number of nitrogens with zero attached hydrogens (tertiary/aromatic N) is 1. The van der Waals surface area contributed by atoms with Gasteiger partial charge in [-0.2, -0.15) is 0 Å². The van der Waals surface area contributed by atoms with Crippen LogP contribution < -0.4 is 10.2 Å². The number of anilines is 1. The molecule has 120 valence electrons. The summed E-state index contributed by atoms with van der Waals surface area (Å²) in [4.78, 5) is 2.22. The lowest BCUT2D eigenvalue weighted by molar-refractivity contribution is 0.190. The average molecular weight is 315 g/mol. The monoisotopic (exact) mass is 314 g/mol. The predicted molar refractivity (Wildman–Crippen MR) is 89.4 cm³/mol. The van der Waals surface area contributed by atoms with E-state index >= 15 is 0 Å². The van der Waals surface area contributed by atoms with Gasteiger partial charge in [-0.05, 0) is 30.7 Å². The van der Waals surface area contributed by atoms with E-state index in [2.05, 4.69) is 29.3 Å². The molecule has 0 unspecified atom stereocenters. The van der Waals surface area contributed by atoms with Crippen molar-refractivity contribution in [1.29, 1.82) is 0 Å². The molecule has 0 saturated heterocycles. The van der Waals surface area contributed by atoms with E-state index in [1.54, 1.807) is 14.2 Å². The van der Waals surface area contributed by atoms with Crippen LogP contribution in [0.4, 0.5) is 5.69 Å². The first-order valence-electron chi connectivity index (χ1n) is 7.44. The highest BCUT2D eigenvalue weighted by Crippen LogP contribution is 2.23. The third kappa shape index (κ3) is 6.66. The molecule has 0 aliphatic rings. The van der Waals surface area contributed by atoms with Crippen molar-refractivity contribution in [3.05, 3.63) is 28.8 Å². The summed E-state index contributed by atoms with van der Waals surface area (Å²) in [5.41, 5.74) is 2.24. The van der Waals surface area contributed by atoms with Crippen molar-refractivity contribution in [2.45, 2.75) is 19.9 Å². The lowest BCUT2D eigenvalue weighted by Gasteiger charge is -2.25. The van der Waals surface area contributed by atoms with Crippen LogP contribution in [0.15, 0.2) is 18.2 Å². The van der Waals surface area contributed by atoms with Crippen LogP contribution in [-0.2, 0) is 16.0 Å². The number of halogens is 1. The van der Waals surface area contributed by atoms with Crippen LogP contribution >= 0.6 is 11.6 Å². The standard InChI is InChI=1S/C16H27ClN2O2/c1-4-7-18-13-14-5-6-15(12-16(14)17)19(8-10-20-2)9-11-21-3/h5-6,12,18H,4,7-11,13H2,1-3H3. The minimum atomic E-state index is 0.682. The third-order valence-electron chi connectivity index (χ3n) is 3.27. The van der Waals surface area contributed by atoms with Crippen LogP contribution in [0.2, 0.25) is 5.02 Å². The van der Waals surface area contributed by atoms with E-state index in [1.165, 1.54) is 0 Å². The Balaban J connectivity index is 2.71. The summed E-state index contributed by atoms with van der Waals surface area (Å²) in [6.45, 7) is 6.98. The fourth-order valence-electron chi connectivity index (χ4n) is 2.05. The summed E-state index contributed by atoms with van der Waals surface area (Å²) in [6, 6.07) is 6.23. The quantitative estimate of drug-likeness (QED) is 0.637. The van der Waals surface area contributed by atoms with Gasteiger partial charge >= 0.3 is 0 Å². The van der Waals surface area contributed by atoms with Crippen LogP contribution in [0, 0.1) is 0 Å². The molecule has 0 spiro atoms. The van der Waals surface area contributed by atoms with Crippen molar-refractivity contribution in [1.82, 2.24) is 5.32 Å². The van der Waals surface area contributed by atoms with Crippen molar-refractivity contribution in [3.8, 4) is 0 Å². The molecule has 4 nitrogen and oxygen atoms in total. The van der Waals surface area contributed by atoms with E-state index in [0.717, 1.165) is 48.9 Å². The molecule has 1 aromatic rings. The molecular formula is C16H27ClN2O2. The predicted octanol–water partition coefficient (Wildman–Crippen LogP) is 2.94. The highest BCUT2D eigenvalue weighted by Gasteiger charge is 2.09. The number of rotatable bonds is 11. The van der Waals surface area contributed by atoms with Gasteiger partial charge in [0, 0.05) is 44.6 Å². The third-order valence-corrected chi connectivity index (χ3v) is 3.63. The maximum atomic E-state index is 6.39. The van der Waals surface area contributed by atoms with Gasteiger partial charge in [-0.3, -0.25) is 0 Å². The average Bonchev–Trinajstić information content (AvgIpc) is 2.49. The first kappa shape index (κ1) is 18.2. The van der Waals surface area contributed by atoms with E-state index in [1.807, 2.05) is 6.07 Å². The van der Waals surface area contributed by atoms with E-state index in [0.29, 0.717) is 13.2 Å². The fraction of sp³-hybridized carbons (Fsp3) is 0.625. The van der Waals surface area contributed by atoms with Crippen LogP contribution in [0.1, 0.15) is 18.9 Å². The molecule has 0 radical (unpaired) electrons. The Bertz CT molecular complexity index is 394. The smallest absolute Gasteiger partial charge is 0.0637 e. The zero-order valence-corrected chi connectivity index (χ0v) is 14.1. The Morgan fingerprint density at radius 2 is 1.81 bits per heavy atom. The second-order valence-corrected chi connectivity index (χ2v) is 5.33. The van der Waals surface area contributed by atoms with Gasteiger partial charge in [0.15, 0.2) is 0 Å². The zero-order valence-electron chi connectivity index (χ0n) is 13.3. The molecule has 1 rings (SSSR count). The summed E-state index contributed by atoms with van der Waals surface area (Å²) in [6.07, 6.45) is 1.12. The zero-order chi connectivity index (χ0) is 15.5. The Labute approximate surface area is 133 Å². The number of methoxy groups -OCH3 is 2. The summed E-state index contributed by atoms with van der Waals surface area (Å²) in [7, 11) is 3.42. The van der Waals surface area contributed by atoms with Gasteiger partial charge in [0.2, 0.25) is 0 Å². The first-order valence-corrected chi connectivity index (χ1v) is 7.82. The normalized spacial score (nSPS) is 10.9. The van der Waals surface area contributed by atoms with Gasteiger partial charge in [-0.1, -0.05) is 24.6 Å². The number of hydrogen-bond acceptors (Lipinski definition) is 4. The molecule has 1 N–H and O–H groups in total. The van der Waals surface area contributed by atoms with Gasteiger partial charge in [0.05, 0.1) is 13.2 Å². The van der Waals surface area contributed by atoms with Gasteiger partial charge in [0.25, 0.3) is 0 Å². The van der Waals surface area contributed by atoms with Gasteiger partial charge in [0.1, 0.15) is 0 Å². The molecule has 0 heterocycles. The van der Waals surface area contributed by atoms with E-state index < -0.39 is 0 Å². The SMILES string of the molecule is CCCNCc1ccc(N(CCOC)CCOC)cc1Cl. The van der Waals surface area contributed by atoms with Crippen LogP contribution in [0.25, 0.3) is 0 Å². The van der Waals surface area contributed by atoms with Crippen LogP contribution in [-0.4, -0.2) is 47.1 Å². The van der Waals surface area contributed by atoms with Crippen molar-refractivity contribution >= 4 is 17.3 Å². The lowest BCUT2D eigenvalue weighted by Crippen LogP contribution is -2.30. The van der Waals surface area contributed by atoms with Crippen molar-refractivity contribution < 1.29 is 9.47 Å². The Hall–Kier alpha value is -0.810. The summed E-state index contributed by atoms with van der Waals surface area (Å²) in [5, 5.41) is 4.17. The van der Waals surface area contributed by atoms with Gasteiger partial charge < -0.3 is 19.7 Å². The summed E-state index contributed by atoms with van der Waals surface area (Å²) < 4.78 is 10.3. The highest BCUT2D eigenvalue weighted by atomic mass is 35.5. The molecule has 0 saturated carbocycles. The second-order valence-electron chi connectivity index (χ2n) is 4.93. The van der Waals surface area contributed by atoms with Crippen molar-refractivity contribution in [3.63, 3.8) is 0 Å². The van der Waals surface area contributed by atoms with Gasteiger partial charge in [-0.15, -0.1) is 0 Å². The lowest BCUT2D eigenvalue weighted by atomic mass is 10.2. The molecule has 0 aliphatic carbocycles. The first-order chi connectivity index (χ1) is 10.2. The molecule has 0 amide bonds. The fourth-order valence-corrected chi connectivity index (χ4v) is 2.29. The molecule has 0 bridgehead atoms. The van der Waals surface area contributed by atoms with Gasteiger partial charge in [-0.25, -0.2) is 0 Å². The Morgan fingerprint density at radius 1 is 1.14 bits per heavy atom. The van der Waals surface area contributed by atoms with E-state index in [4.69, 9.17) is 21.1 Å². The largest absolute Gasteiger partial charge is 0.383 e. The molecule has 0 aromatic heterocycles. The van der Waals surface area contributed by atoms with Crippen LogP contribution in [0.3, 0.4) is 0 Å². The maximum Gasteiger partial charge on any atom is 0.0637 e. The van der Waals surface area contributed by atoms with E-state index in [-0.39, 0.29) is 0 Å². The molecular weight excluding hydrogens is 288 g/mol. The Morgan fingerprint density at radius 3 is 2.33 bits per heavy atom. The topological polar surface area (TPSA) is 33.7 Å². The molecule has 1 aromatic carbocycles. The van der Waals surface area contributed by atoms with Crippen LogP contribution in [0.5, 0.6) is 0 Å². The summed E-state index contributed by atoms with van der Waals surface area (Å²) >= 11 is 6.39. The number of hydrogen-bond donors (Lipinski definition) is 1. The number of nitrogens with one attached hydrogen (secondary N) is 1. The van der Waals surface area contributed by atoms with Crippen molar-refractivity contribution in [2.24, 2.45) is 0 Å². The van der Waals surface area contributed by atoms with E-state index in [9.17, 15) is 0 Å². The number of benzene rings is 1. The molecule has 0 fully saturated rings. The molecule has 0 aliphatic heterocycles. The minimum Gasteiger partial charge on any atom is -0.383 e. The number of ether oxygens (including phenoxy) is 2. The molecule has 21 heavy (non-hydrogen) atoms. The Kier molecular flexibility index (Phi) is 9.42. The molecule has 0 atom stereocenters. The highest BCUT2D eigenvalue weighted by molar-refractivity contribution is 6.31. The molecule has 5 heteroatoms. The minimum absolute atomic E-state index is 0.682.